The first kappa shape index (κ1) is 19.3. The molecule has 0 radical (unpaired) electrons. The van der Waals surface area contributed by atoms with Gasteiger partial charge in [-0.3, -0.25) is 19.7 Å². The summed E-state index contributed by atoms with van der Waals surface area (Å²) in [5.41, 5.74) is 0.443. The second-order valence-corrected chi connectivity index (χ2v) is 7.50. The fourth-order valence-corrected chi connectivity index (χ4v) is 4.08. The molecule has 1 aliphatic carbocycles. The molecule has 1 aromatic carbocycles. The molecule has 1 saturated carbocycles. The minimum absolute atomic E-state index is 0.0530. The topological polar surface area (TPSA) is 92.5 Å². The van der Waals surface area contributed by atoms with Gasteiger partial charge in [0.15, 0.2) is 0 Å². The van der Waals surface area contributed by atoms with E-state index < -0.39 is 11.0 Å². The Morgan fingerprint density at radius 1 is 1.15 bits per heavy atom. The van der Waals surface area contributed by atoms with Gasteiger partial charge in [-0.25, -0.2) is 0 Å². The highest BCUT2D eigenvalue weighted by atomic mass is 16.6. The molecule has 2 aliphatic rings. The van der Waals surface area contributed by atoms with Crippen molar-refractivity contribution in [2.45, 2.75) is 69.9 Å². The molecular weight excluding hydrogens is 346 g/mol. The predicted molar refractivity (Wildman–Crippen MR) is 101 cm³/mol. The quantitative estimate of drug-likeness (QED) is 0.632. The SMILES string of the molecule is O=C(NC1CCCCC1)C(c1cccc([N+](=O)[O-])c1)N1CCCCCC1=O. The van der Waals surface area contributed by atoms with E-state index in [-0.39, 0.29) is 23.5 Å². The number of non-ortho nitro benzene ring substituents is 1. The third-order valence-electron chi connectivity index (χ3n) is 5.52. The number of rotatable bonds is 5. The predicted octanol–water partition coefficient (Wildman–Crippen LogP) is 3.49. The van der Waals surface area contributed by atoms with Crippen LogP contribution in [0.1, 0.15) is 69.4 Å². The lowest BCUT2D eigenvalue weighted by Gasteiger charge is -2.32. The van der Waals surface area contributed by atoms with Crippen molar-refractivity contribution in [3.05, 3.63) is 39.9 Å². The zero-order chi connectivity index (χ0) is 19.2. The molecule has 7 heteroatoms. The highest BCUT2D eigenvalue weighted by Gasteiger charge is 2.33. The van der Waals surface area contributed by atoms with E-state index in [1.54, 1.807) is 17.0 Å². The number of hydrogen-bond donors (Lipinski definition) is 1. The molecule has 2 amide bonds. The summed E-state index contributed by atoms with van der Waals surface area (Å²) < 4.78 is 0. The Morgan fingerprint density at radius 2 is 1.89 bits per heavy atom. The molecule has 0 bridgehead atoms. The number of nitro groups is 1. The molecule has 0 spiro atoms. The van der Waals surface area contributed by atoms with Gasteiger partial charge in [-0.15, -0.1) is 0 Å². The fraction of sp³-hybridized carbons (Fsp3) is 0.600. The smallest absolute Gasteiger partial charge is 0.269 e. The molecule has 27 heavy (non-hydrogen) atoms. The Bertz CT molecular complexity index is 700. The Balaban J connectivity index is 1.89. The molecule has 1 N–H and O–H groups in total. The normalized spacial score (nSPS) is 20.0. The van der Waals surface area contributed by atoms with E-state index in [0.29, 0.717) is 18.5 Å². The van der Waals surface area contributed by atoms with Crippen molar-refractivity contribution in [2.75, 3.05) is 6.54 Å². The number of nitrogens with zero attached hydrogens (tertiary/aromatic N) is 2. The van der Waals surface area contributed by atoms with E-state index in [1.165, 1.54) is 18.6 Å². The molecule has 1 unspecified atom stereocenters. The number of benzene rings is 1. The van der Waals surface area contributed by atoms with Gasteiger partial charge in [-0.2, -0.15) is 0 Å². The largest absolute Gasteiger partial charge is 0.351 e. The maximum atomic E-state index is 13.2. The minimum atomic E-state index is -0.808. The summed E-state index contributed by atoms with van der Waals surface area (Å²) in [5.74, 6) is -0.277. The molecule has 1 heterocycles. The summed E-state index contributed by atoms with van der Waals surface area (Å²) in [6.07, 6.45) is 8.30. The van der Waals surface area contributed by atoms with Crippen LogP contribution < -0.4 is 5.32 Å². The average molecular weight is 373 g/mol. The molecule has 7 nitrogen and oxygen atoms in total. The second-order valence-electron chi connectivity index (χ2n) is 7.50. The van der Waals surface area contributed by atoms with Crippen LogP contribution in [0.2, 0.25) is 0 Å². The van der Waals surface area contributed by atoms with Gasteiger partial charge >= 0.3 is 0 Å². The van der Waals surface area contributed by atoms with Crippen molar-refractivity contribution in [1.29, 1.82) is 0 Å². The van der Waals surface area contributed by atoms with Crippen LogP contribution in [0.4, 0.5) is 5.69 Å². The van der Waals surface area contributed by atoms with Gasteiger partial charge in [0.05, 0.1) is 4.92 Å². The highest BCUT2D eigenvalue weighted by molar-refractivity contribution is 5.89. The van der Waals surface area contributed by atoms with Gasteiger partial charge in [-0.05, 0) is 31.2 Å². The molecule has 1 aromatic rings. The second kappa shape index (κ2) is 8.97. The number of amides is 2. The lowest BCUT2D eigenvalue weighted by Crippen LogP contribution is -2.47. The summed E-state index contributed by atoms with van der Waals surface area (Å²) in [4.78, 5) is 38.2. The van der Waals surface area contributed by atoms with Crippen molar-refractivity contribution in [3.63, 3.8) is 0 Å². The van der Waals surface area contributed by atoms with Crippen LogP contribution in [0, 0.1) is 10.1 Å². The van der Waals surface area contributed by atoms with E-state index >= 15 is 0 Å². The highest BCUT2D eigenvalue weighted by Crippen LogP contribution is 2.29. The summed E-state index contributed by atoms with van der Waals surface area (Å²) in [7, 11) is 0. The van der Waals surface area contributed by atoms with Crippen LogP contribution in [-0.2, 0) is 9.59 Å². The molecule has 1 aliphatic heterocycles. The van der Waals surface area contributed by atoms with E-state index in [2.05, 4.69) is 5.32 Å². The molecule has 1 atom stereocenters. The van der Waals surface area contributed by atoms with Gasteiger partial charge < -0.3 is 10.2 Å². The van der Waals surface area contributed by atoms with Crippen LogP contribution in [0.15, 0.2) is 24.3 Å². The van der Waals surface area contributed by atoms with Crippen molar-refractivity contribution < 1.29 is 14.5 Å². The maximum Gasteiger partial charge on any atom is 0.269 e. The zero-order valence-electron chi connectivity index (χ0n) is 15.6. The molecule has 2 fully saturated rings. The Morgan fingerprint density at radius 3 is 2.63 bits per heavy atom. The van der Waals surface area contributed by atoms with Crippen LogP contribution in [0.25, 0.3) is 0 Å². The summed E-state index contributed by atoms with van der Waals surface area (Å²) >= 11 is 0. The minimum Gasteiger partial charge on any atom is -0.351 e. The van der Waals surface area contributed by atoms with Crippen molar-refractivity contribution in [2.24, 2.45) is 0 Å². The first-order chi connectivity index (χ1) is 13.1. The number of nitrogens with one attached hydrogen (secondary N) is 1. The lowest BCUT2D eigenvalue weighted by atomic mass is 9.94. The maximum absolute atomic E-state index is 13.2. The van der Waals surface area contributed by atoms with Crippen molar-refractivity contribution in [1.82, 2.24) is 10.2 Å². The van der Waals surface area contributed by atoms with Gasteiger partial charge in [-0.1, -0.05) is 37.8 Å². The summed E-state index contributed by atoms with van der Waals surface area (Å²) in [6.45, 7) is 0.504. The van der Waals surface area contributed by atoms with Gasteiger partial charge in [0.25, 0.3) is 5.69 Å². The number of nitro benzene ring substituents is 1. The average Bonchev–Trinajstić information content (AvgIpc) is 2.88. The first-order valence-corrected chi connectivity index (χ1v) is 9.90. The molecule has 0 aromatic heterocycles. The number of likely N-dealkylation sites (tertiary alicyclic amines) is 1. The standard InChI is InChI=1S/C20H27N3O4/c24-18-12-5-2-6-13-22(18)19(15-8-7-11-17(14-15)23(26)27)20(25)21-16-9-3-1-4-10-16/h7-8,11,14,16,19H,1-6,9-10,12-13H2,(H,21,25). The summed E-state index contributed by atoms with van der Waals surface area (Å²) in [5, 5.41) is 14.3. The number of carbonyl (C=O) groups is 2. The Labute approximate surface area is 159 Å². The third kappa shape index (κ3) is 4.84. The zero-order valence-corrected chi connectivity index (χ0v) is 15.6. The van der Waals surface area contributed by atoms with Gasteiger partial charge in [0.1, 0.15) is 6.04 Å². The first-order valence-electron chi connectivity index (χ1n) is 9.90. The third-order valence-corrected chi connectivity index (χ3v) is 5.52. The molecule has 3 rings (SSSR count). The molecule has 1 saturated heterocycles. The monoisotopic (exact) mass is 373 g/mol. The van der Waals surface area contributed by atoms with Crippen molar-refractivity contribution >= 4 is 17.5 Å². The Kier molecular flexibility index (Phi) is 6.42. The van der Waals surface area contributed by atoms with Crippen LogP contribution in [0.3, 0.4) is 0 Å². The van der Waals surface area contributed by atoms with Crippen LogP contribution >= 0.6 is 0 Å². The number of hydrogen-bond acceptors (Lipinski definition) is 4. The van der Waals surface area contributed by atoms with E-state index in [0.717, 1.165) is 44.9 Å². The van der Waals surface area contributed by atoms with Crippen LogP contribution in [-0.4, -0.2) is 34.2 Å². The fourth-order valence-electron chi connectivity index (χ4n) is 4.08. The summed E-state index contributed by atoms with van der Waals surface area (Å²) in [6, 6.07) is 5.42. The van der Waals surface area contributed by atoms with Gasteiger partial charge in [0, 0.05) is 31.1 Å². The van der Waals surface area contributed by atoms with Gasteiger partial charge in [0.2, 0.25) is 11.8 Å². The van der Waals surface area contributed by atoms with Crippen LogP contribution in [0.5, 0.6) is 0 Å². The molecular formula is C20H27N3O4. The molecule has 146 valence electrons. The van der Waals surface area contributed by atoms with E-state index in [9.17, 15) is 19.7 Å². The lowest BCUT2D eigenvalue weighted by molar-refractivity contribution is -0.384. The Hall–Kier alpha value is -2.44. The number of carbonyl (C=O) groups excluding carboxylic acids is 2. The van der Waals surface area contributed by atoms with Crippen molar-refractivity contribution in [3.8, 4) is 0 Å². The van der Waals surface area contributed by atoms with E-state index in [1.807, 2.05) is 0 Å². The van der Waals surface area contributed by atoms with E-state index in [4.69, 9.17) is 0 Å².